The van der Waals surface area contributed by atoms with E-state index in [1.165, 1.54) is 18.6 Å². The molecule has 1 fully saturated rings. The van der Waals surface area contributed by atoms with E-state index in [1.54, 1.807) is 6.07 Å². The van der Waals surface area contributed by atoms with Gasteiger partial charge in [-0.3, -0.25) is 0 Å². The van der Waals surface area contributed by atoms with Crippen LogP contribution >= 0.6 is 0 Å². The van der Waals surface area contributed by atoms with Gasteiger partial charge in [0.1, 0.15) is 12.0 Å². The lowest BCUT2D eigenvalue weighted by atomic mass is 10.2. The van der Waals surface area contributed by atoms with Crippen molar-refractivity contribution in [3.05, 3.63) is 42.5 Å². The van der Waals surface area contributed by atoms with Crippen LogP contribution in [0.15, 0.2) is 36.7 Å². The molecule has 1 aliphatic rings. The second-order valence-corrected chi connectivity index (χ2v) is 5.44. The van der Waals surface area contributed by atoms with Crippen molar-refractivity contribution in [1.82, 2.24) is 14.8 Å². The van der Waals surface area contributed by atoms with Gasteiger partial charge in [0.05, 0.1) is 6.20 Å². The first-order valence-corrected chi connectivity index (χ1v) is 7.24. The summed E-state index contributed by atoms with van der Waals surface area (Å²) >= 11 is 0. The van der Waals surface area contributed by atoms with Crippen molar-refractivity contribution in [1.29, 1.82) is 0 Å². The van der Waals surface area contributed by atoms with E-state index in [0.717, 1.165) is 41.6 Å². The van der Waals surface area contributed by atoms with Gasteiger partial charge in [-0.1, -0.05) is 0 Å². The highest BCUT2D eigenvalue weighted by atomic mass is 19.1. The van der Waals surface area contributed by atoms with Gasteiger partial charge in [-0.05, 0) is 43.5 Å². The number of halogens is 1. The van der Waals surface area contributed by atoms with Crippen LogP contribution in [-0.2, 0) is 4.74 Å². The lowest BCUT2D eigenvalue weighted by Gasteiger charge is -2.22. The van der Waals surface area contributed by atoms with Gasteiger partial charge in [-0.2, -0.15) is 5.10 Å². The molecule has 0 saturated carbocycles. The molecule has 0 aliphatic carbocycles. The van der Waals surface area contributed by atoms with Gasteiger partial charge in [0.25, 0.3) is 0 Å². The average Bonchev–Trinajstić information content (AvgIpc) is 3.14. The maximum Gasteiger partial charge on any atom is 0.150 e. The summed E-state index contributed by atoms with van der Waals surface area (Å²) in [6.45, 7) is 0.797. The Kier molecular flexibility index (Phi) is 3.00. The molecule has 3 aromatic rings. The van der Waals surface area contributed by atoms with Crippen LogP contribution in [-0.4, -0.2) is 21.4 Å². The van der Waals surface area contributed by atoms with Crippen LogP contribution in [0.4, 0.5) is 4.39 Å². The van der Waals surface area contributed by atoms with Crippen LogP contribution in [0.2, 0.25) is 0 Å². The standard InChI is InChI=1S/C16H16FN3O/c17-13-4-5-14-11(7-13)8-15(19-14)12-9-18-20(10-12)16-3-1-2-6-21-16/h4-5,7-10,16,19H,1-3,6H2. The van der Waals surface area contributed by atoms with Crippen molar-refractivity contribution in [3.8, 4) is 11.3 Å². The number of benzene rings is 1. The SMILES string of the molecule is Fc1ccc2[nH]c(-c3cnn(C4CCCCO4)c3)cc2c1. The highest BCUT2D eigenvalue weighted by Gasteiger charge is 2.17. The minimum Gasteiger partial charge on any atom is -0.357 e. The van der Waals surface area contributed by atoms with Gasteiger partial charge < -0.3 is 9.72 Å². The molecule has 0 amide bonds. The Labute approximate surface area is 121 Å². The largest absolute Gasteiger partial charge is 0.357 e. The average molecular weight is 285 g/mol. The van der Waals surface area contributed by atoms with Gasteiger partial charge in [0.2, 0.25) is 0 Å². The minimum absolute atomic E-state index is 0.0364. The van der Waals surface area contributed by atoms with Crippen LogP contribution in [0.25, 0.3) is 22.2 Å². The number of aromatic nitrogens is 3. The van der Waals surface area contributed by atoms with Gasteiger partial charge >= 0.3 is 0 Å². The molecular weight excluding hydrogens is 269 g/mol. The van der Waals surface area contributed by atoms with Crippen molar-refractivity contribution in [2.24, 2.45) is 0 Å². The third kappa shape index (κ3) is 2.34. The van der Waals surface area contributed by atoms with Crippen molar-refractivity contribution >= 4 is 10.9 Å². The number of aromatic amines is 1. The number of nitrogens with zero attached hydrogens (tertiary/aromatic N) is 2. The van der Waals surface area contributed by atoms with Crippen molar-refractivity contribution in [2.75, 3.05) is 6.61 Å². The molecule has 1 N–H and O–H groups in total. The Bertz CT molecular complexity index is 771. The summed E-state index contributed by atoms with van der Waals surface area (Å²) in [5.41, 5.74) is 2.85. The fraction of sp³-hybridized carbons (Fsp3) is 0.312. The first-order chi connectivity index (χ1) is 10.3. The number of nitrogens with one attached hydrogen (secondary N) is 1. The fourth-order valence-corrected chi connectivity index (χ4v) is 2.83. The number of H-pyrrole nitrogens is 1. The van der Waals surface area contributed by atoms with Crippen molar-refractivity contribution < 1.29 is 9.13 Å². The molecule has 1 unspecified atom stereocenters. The Morgan fingerprint density at radius 2 is 2.24 bits per heavy atom. The number of hydrogen-bond donors (Lipinski definition) is 1. The smallest absolute Gasteiger partial charge is 0.150 e. The molecule has 1 saturated heterocycles. The molecule has 21 heavy (non-hydrogen) atoms. The molecule has 0 spiro atoms. The molecular formula is C16H16FN3O. The van der Waals surface area contributed by atoms with Crippen molar-refractivity contribution in [2.45, 2.75) is 25.5 Å². The van der Waals surface area contributed by atoms with Crippen LogP contribution in [0.3, 0.4) is 0 Å². The summed E-state index contributed by atoms with van der Waals surface area (Å²) < 4.78 is 20.9. The molecule has 5 heteroatoms. The van der Waals surface area contributed by atoms with Crippen LogP contribution in [0.1, 0.15) is 25.5 Å². The first kappa shape index (κ1) is 12.6. The van der Waals surface area contributed by atoms with Crippen LogP contribution in [0.5, 0.6) is 0 Å². The molecule has 4 nitrogen and oxygen atoms in total. The molecule has 3 heterocycles. The van der Waals surface area contributed by atoms with E-state index in [-0.39, 0.29) is 12.0 Å². The number of ether oxygens (including phenoxy) is 1. The van der Waals surface area contributed by atoms with Gasteiger partial charge in [-0.25, -0.2) is 9.07 Å². The van der Waals surface area contributed by atoms with E-state index >= 15 is 0 Å². The Balaban J connectivity index is 1.67. The molecule has 1 atom stereocenters. The molecule has 0 radical (unpaired) electrons. The zero-order valence-electron chi connectivity index (χ0n) is 11.6. The number of rotatable bonds is 2. The zero-order valence-corrected chi connectivity index (χ0v) is 11.6. The zero-order chi connectivity index (χ0) is 14.2. The molecule has 108 valence electrons. The Morgan fingerprint density at radius 3 is 3.10 bits per heavy atom. The normalized spacial score (nSPS) is 19.2. The second-order valence-electron chi connectivity index (χ2n) is 5.44. The predicted octanol–water partition coefficient (Wildman–Crippen LogP) is 3.87. The maximum absolute atomic E-state index is 13.2. The van der Waals surface area contributed by atoms with Crippen LogP contribution < -0.4 is 0 Å². The van der Waals surface area contributed by atoms with E-state index in [0.29, 0.717) is 0 Å². The monoisotopic (exact) mass is 285 g/mol. The summed E-state index contributed by atoms with van der Waals surface area (Å²) in [5.74, 6) is -0.223. The second kappa shape index (κ2) is 5.00. The first-order valence-electron chi connectivity index (χ1n) is 7.24. The van der Waals surface area contributed by atoms with E-state index in [2.05, 4.69) is 10.1 Å². The highest BCUT2D eigenvalue weighted by Crippen LogP contribution is 2.27. The van der Waals surface area contributed by atoms with E-state index in [1.807, 2.05) is 23.1 Å². The topological polar surface area (TPSA) is 42.8 Å². The summed E-state index contributed by atoms with van der Waals surface area (Å²) in [6, 6.07) is 6.69. The minimum atomic E-state index is -0.223. The molecule has 4 rings (SSSR count). The fourth-order valence-electron chi connectivity index (χ4n) is 2.83. The van der Waals surface area contributed by atoms with E-state index < -0.39 is 0 Å². The van der Waals surface area contributed by atoms with E-state index in [4.69, 9.17) is 4.74 Å². The maximum atomic E-state index is 13.2. The number of hydrogen-bond acceptors (Lipinski definition) is 2. The summed E-state index contributed by atoms with van der Waals surface area (Å²) in [6.07, 6.45) is 7.13. The molecule has 2 aromatic heterocycles. The summed E-state index contributed by atoms with van der Waals surface area (Å²) in [7, 11) is 0. The number of fused-ring (bicyclic) bond motifs is 1. The third-order valence-corrected chi connectivity index (χ3v) is 3.95. The molecule has 0 bridgehead atoms. The lowest BCUT2D eigenvalue weighted by molar-refractivity contribution is -0.0394. The predicted molar refractivity (Wildman–Crippen MR) is 78.3 cm³/mol. The quantitative estimate of drug-likeness (QED) is 0.776. The molecule has 1 aromatic carbocycles. The van der Waals surface area contributed by atoms with Gasteiger partial charge in [0.15, 0.2) is 0 Å². The van der Waals surface area contributed by atoms with E-state index in [9.17, 15) is 4.39 Å². The highest BCUT2D eigenvalue weighted by molar-refractivity contribution is 5.85. The van der Waals surface area contributed by atoms with Crippen LogP contribution in [0, 0.1) is 5.82 Å². The van der Waals surface area contributed by atoms with Gasteiger partial charge in [0, 0.05) is 35.0 Å². The summed E-state index contributed by atoms with van der Waals surface area (Å²) in [4.78, 5) is 3.29. The lowest BCUT2D eigenvalue weighted by Crippen LogP contribution is -2.18. The Hall–Kier alpha value is -2.14. The third-order valence-electron chi connectivity index (χ3n) is 3.95. The Morgan fingerprint density at radius 1 is 1.29 bits per heavy atom. The molecule has 1 aliphatic heterocycles. The van der Waals surface area contributed by atoms with Crippen molar-refractivity contribution in [3.63, 3.8) is 0 Å². The van der Waals surface area contributed by atoms with Gasteiger partial charge in [-0.15, -0.1) is 0 Å². The summed E-state index contributed by atoms with van der Waals surface area (Å²) in [5, 5.41) is 5.27.